The summed E-state index contributed by atoms with van der Waals surface area (Å²) >= 11 is -4.80. The Kier molecular flexibility index (Phi) is 6.85. The second-order valence-electron chi connectivity index (χ2n) is 12.8. The van der Waals surface area contributed by atoms with Crippen molar-refractivity contribution in [2.75, 3.05) is 0 Å². The van der Waals surface area contributed by atoms with Crippen molar-refractivity contribution in [2.24, 2.45) is 0 Å². The van der Waals surface area contributed by atoms with Gasteiger partial charge in [0.1, 0.15) is 0 Å². The maximum atomic E-state index is 8.29. The number of pyridine rings is 2. The van der Waals surface area contributed by atoms with Crippen LogP contribution in [-0.4, -0.2) is 9.97 Å². The first-order valence-electron chi connectivity index (χ1n) is 15.7. The molecule has 0 N–H and O–H groups in total. The molecule has 0 saturated carbocycles. The number of aromatic nitrogens is 2. The number of para-hydroxylation sites is 2. The van der Waals surface area contributed by atoms with Crippen molar-refractivity contribution in [2.45, 2.75) is 32.2 Å². The molecule has 5 heteroatoms. The third-order valence-corrected chi connectivity index (χ3v) is 31.4. The number of rotatable bonds is 5. The van der Waals surface area contributed by atoms with Gasteiger partial charge in [0.25, 0.3) is 0 Å². The third-order valence-electron chi connectivity index (χ3n) is 10.2. The summed E-state index contributed by atoms with van der Waals surface area (Å²) < 4.78 is 0.773. The van der Waals surface area contributed by atoms with Crippen molar-refractivity contribution in [3.8, 4) is 22.3 Å². The molecule has 221 valence electrons. The molecule has 0 aliphatic heterocycles. The predicted octanol–water partition coefficient (Wildman–Crippen LogP) is 12.2. The fourth-order valence-electron chi connectivity index (χ4n) is 8.21. The minimum absolute atomic E-state index is 0.000151. The molecule has 0 radical (unpaired) electrons. The van der Waals surface area contributed by atoms with Crippen LogP contribution >= 0.6 is 17.0 Å². The zero-order chi connectivity index (χ0) is 30.9. The van der Waals surface area contributed by atoms with Gasteiger partial charge >= 0.3 is 275 Å². The molecule has 0 bridgehead atoms. The molecule has 4 aromatic carbocycles. The van der Waals surface area contributed by atoms with Crippen molar-refractivity contribution in [3.63, 3.8) is 0 Å². The first kappa shape index (κ1) is 29.1. The average Bonchev–Trinajstić information content (AvgIpc) is 3.59. The van der Waals surface area contributed by atoms with E-state index in [4.69, 9.17) is 27.0 Å². The van der Waals surface area contributed by atoms with Crippen LogP contribution in [0.5, 0.6) is 0 Å². The number of fused-ring (bicyclic) bond motifs is 4. The van der Waals surface area contributed by atoms with Gasteiger partial charge in [-0.05, 0) is 0 Å². The number of hydrogen-bond donors (Lipinski definition) is 0. The van der Waals surface area contributed by atoms with Crippen molar-refractivity contribution in [1.29, 1.82) is 0 Å². The van der Waals surface area contributed by atoms with E-state index in [2.05, 4.69) is 118 Å². The predicted molar refractivity (Wildman–Crippen MR) is 189 cm³/mol. The third kappa shape index (κ3) is 4.46. The van der Waals surface area contributed by atoms with E-state index in [9.17, 15) is 0 Å². The minimum atomic E-state index is -4.80. The van der Waals surface area contributed by atoms with Crippen LogP contribution in [0, 0.1) is 0 Å². The van der Waals surface area contributed by atoms with Gasteiger partial charge in [0.05, 0.1) is 0 Å². The molecule has 45 heavy (non-hydrogen) atoms. The Hall–Kier alpha value is -3.36. The number of hydrogen-bond acceptors (Lipinski definition) is 2. The zero-order valence-corrected chi connectivity index (χ0v) is 29.5. The molecule has 2 atom stereocenters. The molecule has 0 amide bonds. The summed E-state index contributed by atoms with van der Waals surface area (Å²) in [6, 6.07) is 34.6. The molecule has 2 unspecified atom stereocenters. The van der Waals surface area contributed by atoms with Gasteiger partial charge in [-0.1, -0.05) is 0 Å². The molecule has 8 rings (SSSR count). The van der Waals surface area contributed by atoms with Gasteiger partial charge in [-0.15, -0.1) is 0 Å². The number of benzene rings is 4. The molecule has 6 aromatic rings. The molecule has 2 aliphatic carbocycles. The van der Waals surface area contributed by atoms with Gasteiger partial charge in [-0.25, -0.2) is 0 Å². The molecule has 2 nitrogen and oxygen atoms in total. The first-order chi connectivity index (χ1) is 21.8. The summed E-state index contributed by atoms with van der Waals surface area (Å²) in [5.74, 6) is 0. The van der Waals surface area contributed by atoms with Gasteiger partial charge in [0.15, 0.2) is 0 Å². The van der Waals surface area contributed by atoms with Gasteiger partial charge < -0.3 is 0 Å². The maximum absolute atomic E-state index is 8.29. The van der Waals surface area contributed by atoms with Crippen molar-refractivity contribution >= 4 is 51.0 Å². The monoisotopic (exact) mass is 701 g/mol. The van der Waals surface area contributed by atoms with Crippen LogP contribution in [0.1, 0.15) is 50.3 Å². The molecule has 2 aromatic heterocycles. The number of nitrogens with zero attached hydrogens (tertiary/aromatic N) is 2. The van der Waals surface area contributed by atoms with Crippen LogP contribution in [0.2, 0.25) is 4.13 Å². The van der Waals surface area contributed by atoms with Gasteiger partial charge in [0, 0.05) is 0 Å². The molecule has 2 aliphatic rings. The second kappa shape index (κ2) is 10.6. The summed E-state index contributed by atoms with van der Waals surface area (Å²) in [6.45, 7) is 6.67. The molecular weight excluding hydrogens is 671 g/mol. The number of allylic oxidation sites excluding steroid dienone is 2. The first-order valence-corrected chi connectivity index (χ1v) is 26.6. The summed E-state index contributed by atoms with van der Waals surface area (Å²) in [5.41, 5.74) is 14.1. The summed E-state index contributed by atoms with van der Waals surface area (Å²) in [7, 11) is 16.6. The normalized spacial score (nSPS) is 18.3. The van der Waals surface area contributed by atoms with E-state index in [1.165, 1.54) is 33.4 Å². The van der Waals surface area contributed by atoms with Crippen LogP contribution in [0.4, 0.5) is 0 Å². The van der Waals surface area contributed by atoms with Crippen LogP contribution in [0.25, 0.3) is 56.2 Å². The SMILES string of the molecule is C[CH2][Zr]([Cl])([Cl])([CH]1C(C)=Cc2ccc(-c3cccc4cccnc34)cc21)[CH]1C(C)=Cc2ccc(-c3cccc4cccnc34)cc21. The van der Waals surface area contributed by atoms with Crippen LogP contribution < -0.4 is 0 Å². The Labute approximate surface area is 272 Å². The van der Waals surface area contributed by atoms with Crippen LogP contribution in [0.15, 0.2) is 121 Å². The van der Waals surface area contributed by atoms with Gasteiger partial charge in [-0.3, -0.25) is 0 Å². The summed E-state index contributed by atoms with van der Waals surface area (Å²) in [5, 5.41) is 2.27. The Morgan fingerprint density at radius 3 is 1.49 bits per heavy atom. The van der Waals surface area contributed by atoms with E-state index in [0.29, 0.717) is 0 Å². The zero-order valence-electron chi connectivity index (χ0n) is 25.6. The second-order valence-corrected chi connectivity index (χ2v) is 35.7. The van der Waals surface area contributed by atoms with Crippen molar-refractivity contribution in [3.05, 3.63) is 143 Å². The van der Waals surface area contributed by atoms with Gasteiger partial charge in [-0.2, -0.15) is 0 Å². The molecule has 0 spiro atoms. The van der Waals surface area contributed by atoms with Gasteiger partial charge in [0.2, 0.25) is 0 Å². The molecule has 0 saturated heterocycles. The van der Waals surface area contributed by atoms with E-state index in [0.717, 1.165) is 48.2 Å². The van der Waals surface area contributed by atoms with E-state index in [1.807, 2.05) is 24.5 Å². The quantitative estimate of drug-likeness (QED) is 0.179. The van der Waals surface area contributed by atoms with E-state index in [1.54, 1.807) is 0 Å². The Morgan fingerprint density at radius 2 is 1.04 bits per heavy atom. The molecular formula is C40H33Cl2N2Zr. The fraction of sp³-hybridized carbons (Fsp3) is 0.150. The van der Waals surface area contributed by atoms with Crippen molar-refractivity contribution in [1.82, 2.24) is 9.97 Å². The fourth-order valence-corrected chi connectivity index (χ4v) is 27.2. The standard InChI is InChI=1S/2C19H14N.C2H5.2ClH.Zr/c2*1-13-10-15-7-8-16(12-17(15)11-13)18-6-2-4-14-5-3-9-20-19(14)18;1-2;;;/h2*2-12H,1H3;1H2,2H3;2*1H;/q;;;;;+2/p-2. The summed E-state index contributed by atoms with van der Waals surface area (Å²) in [6.07, 6.45) is 8.36. The van der Waals surface area contributed by atoms with E-state index in [-0.39, 0.29) is 7.25 Å². The molecule has 2 heterocycles. The Morgan fingerprint density at radius 1 is 0.600 bits per heavy atom. The van der Waals surface area contributed by atoms with E-state index >= 15 is 0 Å². The number of halogens is 2. The van der Waals surface area contributed by atoms with Crippen LogP contribution in [0.3, 0.4) is 0 Å². The van der Waals surface area contributed by atoms with E-state index < -0.39 is 16.4 Å². The van der Waals surface area contributed by atoms with Crippen molar-refractivity contribution < 1.29 is 16.4 Å². The summed E-state index contributed by atoms with van der Waals surface area (Å²) in [4.78, 5) is 9.50. The topological polar surface area (TPSA) is 25.8 Å². The Bertz CT molecular complexity index is 2080. The van der Waals surface area contributed by atoms with Crippen LogP contribution in [-0.2, 0) is 16.4 Å². The molecule has 0 fully saturated rings. The Balaban J connectivity index is 1.28. The average molecular weight is 704 g/mol.